The lowest BCUT2D eigenvalue weighted by Gasteiger charge is -2.37. The van der Waals surface area contributed by atoms with Crippen molar-refractivity contribution in [2.24, 2.45) is 0 Å². The standard InChI is InChI=1S/C47H51N7O5/c1-4-24-53(43(56)26-32-13-7-5-8-14-32)30-42(55)49-37-21-18-33(19-22-37)39-28-36-27-35(20-23-38(36)50-39)40-29-48-45(51-40)41-17-11-12-25-54(41)46(57)44(34-15-9-6-10-16-34)52-47(58)59-31(2)3/h5-10,13-16,18-23,27-29,31,41,44,50H,4,11-12,17,24-26,30H2,1-3H3,(H,48,51)(H,49,55)(H,52,58)/t41-,44+/m0/s1. The normalized spacial score (nSPS) is 14.5. The second kappa shape index (κ2) is 18.7. The molecule has 0 unspecified atom stereocenters. The van der Waals surface area contributed by atoms with E-state index in [1.54, 1.807) is 18.7 Å². The summed E-state index contributed by atoms with van der Waals surface area (Å²) in [6, 6.07) is 33.5. The molecule has 4 aromatic carbocycles. The minimum Gasteiger partial charge on any atom is -0.447 e. The van der Waals surface area contributed by atoms with Crippen molar-refractivity contribution >= 4 is 40.4 Å². The molecule has 304 valence electrons. The van der Waals surface area contributed by atoms with Gasteiger partial charge in [0.25, 0.3) is 5.91 Å². The zero-order valence-corrected chi connectivity index (χ0v) is 33.7. The molecule has 4 N–H and O–H groups in total. The van der Waals surface area contributed by atoms with E-state index in [0.29, 0.717) is 30.2 Å². The van der Waals surface area contributed by atoms with Crippen LogP contribution in [0.25, 0.3) is 33.4 Å². The van der Waals surface area contributed by atoms with E-state index >= 15 is 0 Å². The number of carbonyl (C=O) groups excluding carboxylic acids is 4. The van der Waals surface area contributed by atoms with Crippen molar-refractivity contribution in [2.75, 3.05) is 25.0 Å². The SMILES string of the molecule is CCCN(CC(=O)Nc1ccc(-c2cc3cc(-c4cnc([C@@H]5CCCCN5C(=O)[C@H](NC(=O)OC(C)C)c5ccccc5)[nH]4)ccc3[nH]2)cc1)C(=O)Cc1ccccc1. The van der Waals surface area contributed by atoms with Crippen LogP contribution < -0.4 is 10.6 Å². The van der Waals surface area contributed by atoms with Gasteiger partial charge in [0.15, 0.2) is 0 Å². The molecular weight excluding hydrogens is 743 g/mol. The molecule has 1 aliphatic heterocycles. The Morgan fingerprint density at radius 1 is 0.864 bits per heavy atom. The molecule has 0 spiro atoms. The summed E-state index contributed by atoms with van der Waals surface area (Å²) in [5.74, 6) is 0.173. The number of aromatic amines is 2. The van der Waals surface area contributed by atoms with Crippen LogP contribution in [-0.2, 0) is 25.5 Å². The Morgan fingerprint density at radius 3 is 2.32 bits per heavy atom. The molecule has 1 saturated heterocycles. The molecule has 0 aliphatic carbocycles. The number of aromatic nitrogens is 3. The highest BCUT2D eigenvalue weighted by molar-refractivity contribution is 5.95. The summed E-state index contributed by atoms with van der Waals surface area (Å²) in [5, 5.41) is 6.77. The summed E-state index contributed by atoms with van der Waals surface area (Å²) >= 11 is 0. The topological polar surface area (TPSA) is 153 Å². The number of benzene rings is 4. The summed E-state index contributed by atoms with van der Waals surface area (Å²) in [4.78, 5) is 68.2. The number of H-pyrrole nitrogens is 2. The molecule has 0 saturated carbocycles. The molecule has 1 fully saturated rings. The Labute approximate surface area is 344 Å². The van der Waals surface area contributed by atoms with Crippen LogP contribution in [0.4, 0.5) is 10.5 Å². The molecule has 3 heterocycles. The van der Waals surface area contributed by atoms with Crippen molar-refractivity contribution in [3.8, 4) is 22.5 Å². The second-order valence-electron chi connectivity index (χ2n) is 15.3. The number of nitrogens with one attached hydrogen (secondary N) is 4. The second-order valence-corrected chi connectivity index (χ2v) is 15.3. The van der Waals surface area contributed by atoms with Crippen LogP contribution >= 0.6 is 0 Å². The number of amides is 4. The highest BCUT2D eigenvalue weighted by Crippen LogP contribution is 2.34. The van der Waals surface area contributed by atoms with Gasteiger partial charge in [-0.15, -0.1) is 0 Å². The largest absolute Gasteiger partial charge is 0.447 e. The summed E-state index contributed by atoms with van der Waals surface area (Å²) in [6.45, 7) is 6.58. The first kappa shape index (κ1) is 40.5. The lowest BCUT2D eigenvalue weighted by molar-refractivity contribution is -0.137. The number of imidazole rings is 1. The zero-order chi connectivity index (χ0) is 41.3. The number of rotatable bonds is 14. The van der Waals surface area contributed by atoms with Gasteiger partial charge in [-0.1, -0.05) is 85.8 Å². The first-order chi connectivity index (χ1) is 28.6. The average Bonchev–Trinajstić information content (AvgIpc) is 3.91. The monoisotopic (exact) mass is 793 g/mol. The first-order valence-electron chi connectivity index (χ1n) is 20.4. The first-order valence-corrected chi connectivity index (χ1v) is 20.4. The van der Waals surface area contributed by atoms with Gasteiger partial charge in [0.2, 0.25) is 11.8 Å². The van der Waals surface area contributed by atoms with Gasteiger partial charge in [0.05, 0.1) is 37.0 Å². The number of likely N-dealkylation sites (tertiary alicyclic amines) is 1. The maximum Gasteiger partial charge on any atom is 0.408 e. The summed E-state index contributed by atoms with van der Waals surface area (Å²) in [6.07, 6.45) is 4.40. The van der Waals surface area contributed by atoms with E-state index in [2.05, 4.69) is 32.7 Å². The summed E-state index contributed by atoms with van der Waals surface area (Å²) in [5.41, 5.74) is 6.89. The number of piperidine rings is 1. The van der Waals surface area contributed by atoms with Gasteiger partial charge < -0.3 is 35.1 Å². The van der Waals surface area contributed by atoms with Crippen LogP contribution in [0.15, 0.2) is 115 Å². The molecule has 2 atom stereocenters. The molecule has 0 bridgehead atoms. The number of carbonyl (C=O) groups is 4. The fraction of sp³-hybridized carbons (Fsp3) is 0.298. The minimum absolute atomic E-state index is 0.0107. The molecular formula is C47H51N7O5. The van der Waals surface area contributed by atoms with E-state index in [-0.39, 0.29) is 42.8 Å². The van der Waals surface area contributed by atoms with Gasteiger partial charge in [-0.25, -0.2) is 9.78 Å². The summed E-state index contributed by atoms with van der Waals surface area (Å²) in [7, 11) is 0. The van der Waals surface area contributed by atoms with Crippen molar-refractivity contribution < 1.29 is 23.9 Å². The number of anilines is 1. The number of ether oxygens (including phenoxy) is 1. The minimum atomic E-state index is -0.901. The van der Waals surface area contributed by atoms with Crippen molar-refractivity contribution in [3.63, 3.8) is 0 Å². The van der Waals surface area contributed by atoms with E-state index in [9.17, 15) is 19.2 Å². The highest BCUT2D eigenvalue weighted by atomic mass is 16.6. The van der Waals surface area contributed by atoms with Crippen LogP contribution in [0.2, 0.25) is 0 Å². The molecule has 12 nitrogen and oxygen atoms in total. The molecule has 1 aliphatic rings. The van der Waals surface area contributed by atoms with E-state index in [4.69, 9.17) is 9.72 Å². The third-order valence-electron chi connectivity index (χ3n) is 10.5. The van der Waals surface area contributed by atoms with Crippen LogP contribution in [-0.4, -0.2) is 74.3 Å². The van der Waals surface area contributed by atoms with Crippen molar-refractivity contribution in [1.29, 1.82) is 0 Å². The van der Waals surface area contributed by atoms with E-state index in [0.717, 1.165) is 64.7 Å². The smallest absolute Gasteiger partial charge is 0.408 e. The fourth-order valence-corrected chi connectivity index (χ4v) is 7.60. The van der Waals surface area contributed by atoms with E-state index < -0.39 is 12.1 Å². The Balaban J connectivity index is 1.02. The number of nitrogens with zero attached hydrogens (tertiary/aromatic N) is 3. The Bertz CT molecular complexity index is 2370. The van der Waals surface area contributed by atoms with E-state index in [1.165, 1.54) is 0 Å². The predicted octanol–water partition coefficient (Wildman–Crippen LogP) is 8.57. The van der Waals surface area contributed by atoms with Crippen LogP contribution in [0.3, 0.4) is 0 Å². The Morgan fingerprint density at radius 2 is 1.59 bits per heavy atom. The van der Waals surface area contributed by atoms with Gasteiger partial charge in [0, 0.05) is 40.9 Å². The number of alkyl carbamates (subject to hydrolysis) is 1. The molecule has 0 radical (unpaired) electrons. The predicted molar refractivity (Wildman–Crippen MR) is 229 cm³/mol. The molecule has 7 rings (SSSR count). The number of fused-ring (bicyclic) bond motifs is 1. The molecule has 12 heteroatoms. The summed E-state index contributed by atoms with van der Waals surface area (Å²) < 4.78 is 5.35. The lowest BCUT2D eigenvalue weighted by atomic mass is 9.98. The van der Waals surface area contributed by atoms with Crippen molar-refractivity contribution in [2.45, 2.75) is 71.1 Å². The van der Waals surface area contributed by atoms with Gasteiger partial charge in [-0.3, -0.25) is 14.4 Å². The van der Waals surface area contributed by atoms with Crippen molar-refractivity contribution in [3.05, 3.63) is 132 Å². The average molecular weight is 794 g/mol. The van der Waals surface area contributed by atoms with E-state index in [1.807, 2.05) is 115 Å². The van der Waals surface area contributed by atoms with Crippen LogP contribution in [0.1, 0.15) is 75.5 Å². The number of hydrogen-bond acceptors (Lipinski definition) is 6. The van der Waals surface area contributed by atoms with Crippen molar-refractivity contribution in [1.82, 2.24) is 30.1 Å². The maximum atomic E-state index is 14.2. The van der Waals surface area contributed by atoms with Gasteiger partial charge in [0.1, 0.15) is 11.9 Å². The third kappa shape index (κ3) is 10.1. The van der Waals surface area contributed by atoms with Gasteiger partial charge >= 0.3 is 6.09 Å². The quantitative estimate of drug-likeness (QED) is 0.0867. The maximum absolute atomic E-state index is 14.2. The van der Waals surface area contributed by atoms with Crippen LogP contribution in [0.5, 0.6) is 0 Å². The van der Waals surface area contributed by atoms with Crippen LogP contribution in [0, 0.1) is 0 Å². The third-order valence-corrected chi connectivity index (χ3v) is 10.5. The molecule has 4 amide bonds. The lowest BCUT2D eigenvalue weighted by Crippen LogP contribution is -2.46. The fourth-order valence-electron chi connectivity index (χ4n) is 7.60. The zero-order valence-electron chi connectivity index (χ0n) is 33.7. The molecule has 6 aromatic rings. The number of hydrogen-bond donors (Lipinski definition) is 4. The molecule has 59 heavy (non-hydrogen) atoms. The molecule has 2 aromatic heterocycles. The highest BCUT2D eigenvalue weighted by Gasteiger charge is 2.36. The van der Waals surface area contributed by atoms with Gasteiger partial charge in [-0.05, 0) is 86.6 Å². The van der Waals surface area contributed by atoms with Gasteiger partial charge in [-0.2, -0.15) is 0 Å². The Kier molecular flexibility index (Phi) is 12.8. The Hall–Kier alpha value is -6.69.